The minimum atomic E-state index is -0.527. The Bertz CT molecular complexity index is 660. The molecule has 0 aliphatic rings. The van der Waals surface area contributed by atoms with Crippen molar-refractivity contribution in [2.24, 2.45) is 0 Å². The van der Waals surface area contributed by atoms with E-state index in [1.165, 1.54) is 0 Å². The van der Waals surface area contributed by atoms with Crippen LogP contribution in [0.15, 0.2) is 18.3 Å². The second kappa shape index (κ2) is 6.13. The van der Waals surface area contributed by atoms with Crippen molar-refractivity contribution in [1.29, 1.82) is 0 Å². The Hall–Kier alpha value is -2.44. The number of benzene rings is 1. The van der Waals surface area contributed by atoms with Gasteiger partial charge in [-0.1, -0.05) is 0 Å². The summed E-state index contributed by atoms with van der Waals surface area (Å²) in [5.74, 6) is 0.551. The molecule has 1 heterocycles. The van der Waals surface area contributed by atoms with Crippen LogP contribution in [0.5, 0.6) is 5.75 Å². The van der Waals surface area contributed by atoms with E-state index in [1.54, 1.807) is 18.3 Å². The van der Waals surface area contributed by atoms with Gasteiger partial charge in [0.05, 0.1) is 23.4 Å². The summed E-state index contributed by atoms with van der Waals surface area (Å²) in [6, 6.07) is 3.37. The number of aromatic nitrogens is 2. The van der Waals surface area contributed by atoms with E-state index < -0.39 is 11.7 Å². The number of nitrogens with one attached hydrogen (secondary N) is 2. The molecule has 2 aromatic rings. The van der Waals surface area contributed by atoms with Crippen molar-refractivity contribution in [3.05, 3.63) is 18.3 Å². The van der Waals surface area contributed by atoms with E-state index in [0.29, 0.717) is 11.4 Å². The Morgan fingerprint density at radius 1 is 1.45 bits per heavy atom. The highest BCUT2D eigenvalue weighted by molar-refractivity contribution is 5.84. The lowest BCUT2D eigenvalue weighted by Crippen LogP contribution is -2.40. The molecule has 7 heteroatoms. The molecule has 1 aromatic heterocycles. The second-order valence-corrected chi connectivity index (χ2v) is 6.21. The number of rotatable bonds is 4. The van der Waals surface area contributed by atoms with Gasteiger partial charge in [0.25, 0.3) is 0 Å². The number of nitrogen functional groups attached to an aromatic ring is 1. The van der Waals surface area contributed by atoms with Crippen LogP contribution < -0.4 is 15.8 Å². The van der Waals surface area contributed by atoms with Gasteiger partial charge in [-0.05, 0) is 33.8 Å². The zero-order valence-corrected chi connectivity index (χ0v) is 13.3. The fourth-order valence-corrected chi connectivity index (χ4v) is 1.88. The van der Waals surface area contributed by atoms with E-state index in [-0.39, 0.29) is 12.6 Å². The molecule has 0 aliphatic carbocycles. The summed E-state index contributed by atoms with van der Waals surface area (Å²) >= 11 is 0. The van der Waals surface area contributed by atoms with Crippen LogP contribution in [0.25, 0.3) is 10.9 Å². The third-order valence-corrected chi connectivity index (χ3v) is 2.82. The number of anilines is 1. The van der Waals surface area contributed by atoms with E-state index in [9.17, 15) is 4.79 Å². The molecule has 1 unspecified atom stereocenters. The highest BCUT2D eigenvalue weighted by Crippen LogP contribution is 2.26. The zero-order chi connectivity index (χ0) is 16.3. The SMILES string of the molecule is CC(COc1cc2[nH]ncc2cc1N)NC(=O)OC(C)(C)C. The summed E-state index contributed by atoms with van der Waals surface area (Å²) in [7, 11) is 0. The fourth-order valence-electron chi connectivity index (χ4n) is 1.88. The molecule has 7 nitrogen and oxygen atoms in total. The Labute approximate surface area is 129 Å². The van der Waals surface area contributed by atoms with Crippen molar-refractivity contribution in [2.45, 2.75) is 39.3 Å². The third-order valence-electron chi connectivity index (χ3n) is 2.82. The molecule has 1 atom stereocenters. The molecule has 1 aromatic carbocycles. The van der Waals surface area contributed by atoms with Gasteiger partial charge in [0, 0.05) is 11.5 Å². The second-order valence-electron chi connectivity index (χ2n) is 6.21. The number of nitrogens with two attached hydrogens (primary N) is 1. The highest BCUT2D eigenvalue weighted by atomic mass is 16.6. The molecule has 2 rings (SSSR count). The van der Waals surface area contributed by atoms with E-state index in [2.05, 4.69) is 15.5 Å². The van der Waals surface area contributed by atoms with Gasteiger partial charge in [-0.2, -0.15) is 5.10 Å². The molecule has 0 saturated heterocycles. The Morgan fingerprint density at radius 3 is 2.86 bits per heavy atom. The van der Waals surface area contributed by atoms with Crippen LogP contribution >= 0.6 is 0 Å². The normalized spacial score (nSPS) is 12.9. The molecule has 0 bridgehead atoms. The molecular weight excluding hydrogens is 284 g/mol. The molecule has 0 fully saturated rings. The molecule has 4 N–H and O–H groups in total. The van der Waals surface area contributed by atoms with Crippen LogP contribution in [0.4, 0.5) is 10.5 Å². The monoisotopic (exact) mass is 306 g/mol. The number of hydrogen-bond acceptors (Lipinski definition) is 5. The van der Waals surface area contributed by atoms with Crippen LogP contribution in [-0.4, -0.2) is 34.5 Å². The lowest BCUT2D eigenvalue weighted by atomic mass is 10.2. The van der Waals surface area contributed by atoms with Crippen LogP contribution in [-0.2, 0) is 4.74 Å². The summed E-state index contributed by atoms with van der Waals surface area (Å²) in [5, 5.41) is 10.4. The zero-order valence-electron chi connectivity index (χ0n) is 13.3. The maximum atomic E-state index is 11.7. The molecule has 0 aliphatic heterocycles. The van der Waals surface area contributed by atoms with Crippen molar-refractivity contribution in [3.63, 3.8) is 0 Å². The Balaban J connectivity index is 1.91. The van der Waals surface area contributed by atoms with Gasteiger partial charge in [0.15, 0.2) is 0 Å². The van der Waals surface area contributed by atoms with Gasteiger partial charge in [-0.15, -0.1) is 0 Å². The van der Waals surface area contributed by atoms with Crippen molar-refractivity contribution >= 4 is 22.7 Å². The smallest absolute Gasteiger partial charge is 0.407 e. The quantitative estimate of drug-likeness (QED) is 0.753. The van der Waals surface area contributed by atoms with E-state index in [4.69, 9.17) is 15.2 Å². The first-order valence-corrected chi connectivity index (χ1v) is 7.09. The first-order chi connectivity index (χ1) is 10.2. The van der Waals surface area contributed by atoms with Crippen LogP contribution in [0.3, 0.4) is 0 Å². The van der Waals surface area contributed by atoms with Gasteiger partial charge in [0.2, 0.25) is 0 Å². The van der Waals surface area contributed by atoms with Gasteiger partial charge in [-0.3, -0.25) is 5.10 Å². The minimum Gasteiger partial charge on any atom is -0.489 e. The number of amides is 1. The highest BCUT2D eigenvalue weighted by Gasteiger charge is 2.18. The van der Waals surface area contributed by atoms with Gasteiger partial charge in [-0.25, -0.2) is 4.79 Å². The summed E-state index contributed by atoms with van der Waals surface area (Å²) < 4.78 is 10.9. The number of carbonyl (C=O) groups is 1. The first kappa shape index (κ1) is 15.9. The molecule has 0 radical (unpaired) electrons. The third kappa shape index (κ3) is 4.28. The van der Waals surface area contributed by atoms with Crippen molar-refractivity contribution in [2.75, 3.05) is 12.3 Å². The predicted molar refractivity (Wildman–Crippen MR) is 84.8 cm³/mol. The average Bonchev–Trinajstić information content (AvgIpc) is 2.80. The predicted octanol–water partition coefficient (Wildman–Crippen LogP) is 2.44. The number of carbonyl (C=O) groups excluding carboxylic acids is 1. The molecule has 22 heavy (non-hydrogen) atoms. The van der Waals surface area contributed by atoms with Crippen molar-refractivity contribution in [3.8, 4) is 5.75 Å². The molecule has 0 saturated carbocycles. The number of nitrogens with zero attached hydrogens (tertiary/aromatic N) is 1. The molecule has 120 valence electrons. The number of aromatic amines is 1. The summed E-state index contributed by atoms with van der Waals surface area (Å²) in [5.41, 5.74) is 6.78. The maximum absolute atomic E-state index is 11.7. The van der Waals surface area contributed by atoms with E-state index in [1.807, 2.05) is 27.7 Å². The van der Waals surface area contributed by atoms with Crippen LogP contribution in [0.2, 0.25) is 0 Å². The lowest BCUT2D eigenvalue weighted by molar-refractivity contribution is 0.0494. The number of H-pyrrole nitrogens is 1. The lowest BCUT2D eigenvalue weighted by Gasteiger charge is -2.22. The minimum absolute atomic E-state index is 0.216. The first-order valence-electron chi connectivity index (χ1n) is 7.09. The maximum Gasteiger partial charge on any atom is 0.407 e. The Morgan fingerprint density at radius 2 is 2.18 bits per heavy atom. The van der Waals surface area contributed by atoms with Gasteiger partial charge in [0.1, 0.15) is 18.0 Å². The summed E-state index contributed by atoms with van der Waals surface area (Å²) in [4.78, 5) is 11.7. The summed E-state index contributed by atoms with van der Waals surface area (Å²) in [6.45, 7) is 7.55. The average molecular weight is 306 g/mol. The fraction of sp³-hybridized carbons (Fsp3) is 0.467. The Kier molecular flexibility index (Phi) is 4.44. The largest absolute Gasteiger partial charge is 0.489 e. The number of alkyl carbamates (subject to hydrolysis) is 1. The number of hydrogen-bond donors (Lipinski definition) is 3. The van der Waals surface area contributed by atoms with E-state index >= 15 is 0 Å². The standard InChI is InChI=1S/C15H22N4O3/c1-9(18-14(20)22-15(2,3)4)8-21-13-6-12-10(5-11(13)16)7-17-19-12/h5-7,9H,8,16H2,1-4H3,(H,17,19)(H,18,20). The van der Waals surface area contributed by atoms with Crippen molar-refractivity contribution < 1.29 is 14.3 Å². The number of ether oxygens (including phenoxy) is 2. The number of fused-ring (bicyclic) bond motifs is 1. The van der Waals surface area contributed by atoms with Crippen molar-refractivity contribution in [1.82, 2.24) is 15.5 Å². The van der Waals surface area contributed by atoms with Gasteiger partial charge < -0.3 is 20.5 Å². The summed E-state index contributed by atoms with van der Waals surface area (Å²) in [6.07, 6.45) is 1.22. The topological polar surface area (TPSA) is 102 Å². The molecular formula is C15H22N4O3. The van der Waals surface area contributed by atoms with E-state index in [0.717, 1.165) is 10.9 Å². The van der Waals surface area contributed by atoms with Crippen LogP contribution in [0, 0.1) is 0 Å². The molecule has 0 spiro atoms. The van der Waals surface area contributed by atoms with Crippen LogP contribution in [0.1, 0.15) is 27.7 Å². The molecule has 1 amide bonds. The van der Waals surface area contributed by atoms with Gasteiger partial charge >= 0.3 is 6.09 Å².